The molecule has 0 spiro atoms. The Kier molecular flexibility index (Phi) is 8.50. The molecule has 1 amide bonds. The van der Waals surface area contributed by atoms with E-state index in [0.717, 1.165) is 5.56 Å². The molecule has 0 heterocycles. The van der Waals surface area contributed by atoms with E-state index in [1.807, 2.05) is 19.1 Å². The highest BCUT2D eigenvalue weighted by molar-refractivity contribution is 6.53. The van der Waals surface area contributed by atoms with Gasteiger partial charge in [-0.2, -0.15) is 0 Å². The molecule has 28 heavy (non-hydrogen) atoms. The van der Waals surface area contributed by atoms with Crippen LogP contribution in [-0.4, -0.2) is 40.3 Å². The van der Waals surface area contributed by atoms with E-state index in [2.05, 4.69) is 0 Å². The summed E-state index contributed by atoms with van der Waals surface area (Å²) in [6.07, 6.45) is 0. The highest BCUT2D eigenvalue weighted by Crippen LogP contribution is 2.28. The molecule has 0 aliphatic rings. The van der Waals surface area contributed by atoms with Crippen LogP contribution < -0.4 is 4.74 Å². The molecule has 150 valence electrons. The third-order valence-corrected chi connectivity index (χ3v) is 4.19. The fourth-order valence-corrected chi connectivity index (χ4v) is 2.70. The first kappa shape index (κ1) is 21.9. The Morgan fingerprint density at radius 3 is 2.46 bits per heavy atom. The van der Waals surface area contributed by atoms with Gasteiger partial charge in [0.05, 0.1) is 11.5 Å². The number of non-ortho nitro benzene ring substituents is 1. The van der Waals surface area contributed by atoms with Crippen LogP contribution in [0.15, 0.2) is 48.5 Å². The van der Waals surface area contributed by atoms with Gasteiger partial charge in [0.2, 0.25) is 0 Å². The summed E-state index contributed by atoms with van der Waals surface area (Å²) in [5.41, 5.74) is 0.711. The van der Waals surface area contributed by atoms with E-state index in [-0.39, 0.29) is 12.2 Å². The van der Waals surface area contributed by atoms with Crippen molar-refractivity contribution in [3.8, 4) is 11.5 Å². The van der Waals surface area contributed by atoms with Crippen LogP contribution >= 0.6 is 23.2 Å². The summed E-state index contributed by atoms with van der Waals surface area (Å²) in [6.45, 7) is 3.31. The minimum Gasteiger partial charge on any atom is -0.457 e. The van der Waals surface area contributed by atoms with Gasteiger partial charge < -0.3 is 14.4 Å². The van der Waals surface area contributed by atoms with Crippen LogP contribution in [0.1, 0.15) is 12.5 Å². The lowest BCUT2D eigenvalue weighted by Gasteiger charge is -2.24. The van der Waals surface area contributed by atoms with Gasteiger partial charge in [-0.25, -0.2) is 0 Å². The molecule has 0 aliphatic heterocycles. The second-order valence-corrected chi connectivity index (χ2v) is 6.81. The van der Waals surface area contributed by atoms with E-state index in [4.69, 9.17) is 32.7 Å². The van der Waals surface area contributed by atoms with Gasteiger partial charge in [0.15, 0.2) is 4.84 Å². The Labute approximate surface area is 172 Å². The molecular formula is C19H20Cl2N2O5. The average molecular weight is 427 g/mol. The summed E-state index contributed by atoms with van der Waals surface area (Å²) in [4.78, 5) is 22.9. The van der Waals surface area contributed by atoms with Crippen LogP contribution in [0, 0.1) is 10.1 Å². The van der Waals surface area contributed by atoms with Crippen molar-refractivity contribution in [1.82, 2.24) is 4.90 Å². The molecule has 2 rings (SSSR count). The van der Waals surface area contributed by atoms with Crippen molar-refractivity contribution in [2.24, 2.45) is 0 Å². The van der Waals surface area contributed by atoms with Crippen molar-refractivity contribution in [2.45, 2.75) is 18.3 Å². The van der Waals surface area contributed by atoms with E-state index in [1.165, 1.54) is 29.2 Å². The Balaban J connectivity index is 2.18. The number of halogens is 2. The third kappa shape index (κ3) is 6.37. The minimum absolute atomic E-state index is 0.0244. The Morgan fingerprint density at radius 1 is 1.18 bits per heavy atom. The van der Waals surface area contributed by atoms with Gasteiger partial charge in [0.1, 0.15) is 11.5 Å². The van der Waals surface area contributed by atoms with Gasteiger partial charge in [-0.15, -0.1) is 0 Å². The Hall–Kier alpha value is -2.35. The maximum absolute atomic E-state index is 12.3. The van der Waals surface area contributed by atoms with Gasteiger partial charge in [-0.1, -0.05) is 41.4 Å². The van der Waals surface area contributed by atoms with E-state index in [1.54, 1.807) is 12.1 Å². The largest absolute Gasteiger partial charge is 0.457 e. The Bertz CT molecular complexity index is 799. The number of ether oxygens (including phenoxy) is 2. The fraction of sp³-hybridized carbons (Fsp3) is 0.316. The highest BCUT2D eigenvalue weighted by Gasteiger charge is 2.21. The third-order valence-electron chi connectivity index (χ3n) is 3.82. The predicted octanol–water partition coefficient (Wildman–Crippen LogP) is 4.56. The van der Waals surface area contributed by atoms with Gasteiger partial charge in [-0.3, -0.25) is 14.9 Å². The van der Waals surface area contributed by atoms with Crippen molar-refractivity contribution >= 4 is 34.8 Å². The SMILES string of the molecule is CCOCCN(Cc1ccccc1Oc1ccc([N+](=O)[O-])cc1)C(=O)C(Cl)Cl. The van der Waals surface area contributed by atoms with Gasteiger partial charge in [0.25, 0.3) is 11.6 Å². The molecular weight excluding hydrogens is 407 g/mol. The molecule has 0 aromatic heterocycles. The smallest absolute Gasteiger partial charge is 0.269 e. The molecule has 7 nitrogen and oxygen atoms in total. The van der Waals surface area contributed by atoms with Crippen LogP contribution in [0.25, 0.3) is 0 Å². The van der Waals surface area contributed by atoms with E-state index < -0.39 is 15.7 Å². The number of nitrogens with zero attached hydrogens (tertiary/aromatic N) is 2. The molecule has 2 aromatic carbocycles. The summed E-state index contributed by atoms with van der Waals surface area (Å²) in [5.74, 6) is 0.539. The number of hydrogen-bond acceptors (Lipinski definition) is 5. The number of benzene rings is 2. The molecule has 0 bridgehead atoms. The van der Waals surface area contributed by atoms with E-state index >= 15 is 0 Å². The number of rotatable bonds is 10. The maximum Gasteiger partial charge on any atom is 0.269 e. The Morgan fingerprint density at radius 2 is 1.86 bits per heavy atom. The fourth-order valence-electron chi connectivity index (χ4n) is 2.43. The van der Waals surface area contributed by atoms with Crippen LogP contribution in [-0.2, 0) is 16.1 Å². The molecule has 0 saturated carbocycles. The maximum atomic E-state index is 12.3. The molecule has 0 atom stereocenters. The van der Waals surface area contributed by atoms with Crippen molar-refractivity contribution in [3.05, 3.63) is 64.2 Å². The summed E-state index contributed by atoms with van der Waals surface area (Å²) in [6, 6.07) is 12.9. The quantitative estimate of drug-likeness (QED) is 0.240. The lowest BCUT2D eigenvalue weighted by Crippen LogP contribution is -2.37. The normalized spacial score (nSPS) is 10.7. The first-order valence-electron chi connectivity index (χ1n) is 8.57. The van der Waals surface area contributed by atoms with Crippen LogP contribution in [0.2, 0.25) is 0 Å². The molecule has 9 heteroatoms. The number of hydrogen-bond donors (Lipinski definition) is 0. The number of alkyl halides is 2. The number of carbonyl (C=O) groups excluding carboxylic acids is 1. The van der Waals surface area contributed by atoms with E-state index in [0.29, 0.717) is 31.3 Å². The number of para-hydroxylation sites is 1. The lowest BCUT2D eigenvalue weighted by atomic mass is 10.2. The van der Waals surface area contributed by atoms with E-state index in [9.17, 15) is 14.9 Å². The van der Waals surface area contributed by atoms with Gasteiger partial charge in [-0.05, 0) is 25.1 Å². The molecule has 0 radical (unpaired) electrons. The zero-order valence-electron chi connectivity index (χ0n) is 15.2. The number of nitro benzene ring substituents is 1. The molecule has 0 fully saturated rings. The first-order chi connectivity index (χ1) is 13.4. The highest BCUT2D eigenvalue weighted by atomic mass is 35.5. The standard InChI is InChI=1S/C19H20Cl2N2O5/c1-2-27-12-11-22(19(24)18(20)21)13-14-5-3-4-6-17(14)28-16-9-7-15(8-10-16)23(25)26/h3-10,18H,2,11-13H2,1H3. The number of carbonyl (C=O) groups is 1. The molecule has 0 unspecified atom stereocenters. The minimum atomic E-state index is -1.18. The molecule has 2 aromatic rings. The van der Waals surface area contributed by atoms with Gasteiger partial charge >= 0.3 is 0 Å². The zero-order chi connectivity index (χ0) is 20.5. The van der Waals surface area contributed by atoms with Crippen molar-refractivity contribution < 1.29 is 19.2 Å². The first-order valence-corrected chi connectivity index (χ1v) is 9.44. The lowest BCUT2D eigenvalue weighted by molar-refractivity contribution is -0.384. The van der Waals surface area contributed by atoms with Crippen LogP contribution in [0.3, 0.4) is 0 Å². The summed E-state index contributed by atoms with van der Waals surface area (Å²) >= 11 is 11.5. The van der Waals surface area contributed by atoms with Crippen molar-refractivity contribution in [3.63, 3.8) is 0 Å². The molecule has 0 saturated heterocycles. The summed E-state index contributed by atoms with van der Waals surface area (Å²) < 4.78 is 11.2. The van der Waals surface area contributed by atoms with Crippen LogP contribution in [0.4, 0.5) is 5.69 Å². The average Bonchev–Trinajstić information content (AvgIpc) is 2.68. The van der Waals surface area contributed by atoms with Gasteiger partial charge in [0, 0.05) is 37.4 Å². The second-order valence-electron chi connectivity index (χ2n) is 5.72. The molecule has 0 aliphatic carbocycles. The monoisotopic (exact) mass is 426 g/mol. The van der Waals surface area contributed by atoms with Crippen molar-refractivity contribution in [1.29, 1.82) is 0 Å². The number of nitro groups is 1. The van der Waals surface area contributed by atoms with Crippen molar-refractivity contribution in [2.75, 3.05) is 19.8 Å². The summed E-state index contributed by atoms with van der Waals surface area (Å²) in [5, 5.41) is 10.8. The topological polar surface area (TPSA) is 81.9 Å². The predicted molar refractivity (Wildman–Crippen MR) is 107 cm³/mol. The van der Waals surface area contributed by atoms with Crippen LogP contribution in [0.5, 0.6) is 11.5 Å². The summed E-state index contributed by atoms with van der Waals surface area (Å²) in [7, 11) is 0. The zero-order valence-corrected chi connectivity index (χ0v) is 16.7. The number of amides is 1. The molecule has 0 N–H and O–H groups in total. The second kappa shape index (κ2) is 10.8.